The predicted octanol–water partition coefficient (Wildman–Crippen LogP) is 4.97. The maximum absolute atomic E-state index is 14.4. The molecule has 1 aromatic heterocycles. The molecule has 8 heteroatoms. The van der Waals surface area contributed by atoms with E-state index < -0.39 is 0 Å². The van der Waals surface area contributed by atoms with E-state index in [0.717, 1.165) is 48.6 Å². The highest BCUT2D eigenvalue weighted by molar-refractivity contribution is 5.89. The Balaban J connectivity index is 1.35. The monoisotopic (exact) mass is 433 g/mol. The summed E-state index contributed by atoms with van der Waals surface area (Å²) in [7, 11) is 0. The minimum atomic E-state index is -0.333. The quantitative estimate of drug-likeness (QED) is 0.612. The highest BCUT2D eigenvalue weighted by Crippen LogP contribution is 2.28. The Hall–Kier alpha value is -3.68. The standard InChI is InChI=1S/C24H24FN5O2/c25-18-14-17(15-21(16-18)29-10-2-1-3-11-29)22-8-9-26-23(28-22)27-19-4-6-20(7-5-19)30-12-13-32-24(30)31/h4-9,14-16H,1-3,10-13H2,(H,26,27,28). The second-order valence-corrected chi connectivity index (χ2v) is 7.95. The van der Waals surface area contributed by atoms with Gasteiger partial charge in [-0.2, -0.15) is 0 Å². The number of carbonyl (C=O) groups is 1. The van der Waals surface area contributed by atoms with E-state index in [2.05, 4.69) is 20.2 Å². The van der Waals surface area contributed by atoms with E-state index in [1.807, 2.05) is 30.3 Å². The first-order chi connectivity index (χ1) is 15.7. The second-order valence-electron chi connectivity index (χ2n) is 7.95. The van der Waals surface area contributed by atoms with Gasteiger partial charge in [0.05, 0.1) is 12.2 Å². The number of nitrogens with one attached hydrogen (secondary N) is 1. The lowest BCUT2D eigenvalue weighted by Gasteiger charge is -2.29. The van der Waals surface area contributed by atoms with Crippen molar-refractivity contribution >= 4 is 29.1 Å². The van der Waals surface area contributed by atoms with E-state index in [0.29, 0.717) is 24.8 Å². The van der Waals surface area contributed by atoms with E-state index in [-0.39, 0.29) is 11.9 Å². The molecule has 1 N–H and O–H groups in total. The molecule has 164 valence electrons. The van der Waals surface area contributed by atoms with Gasteiger partial charge in [0.15, 0.2) is 0 Å². The molecule has 2 aliphatic rings. The van der Waals surface area contributed by atoms with Crippen molar-refractivity contribution in [2.24, 2.45) is 0 Å². The number of anilines is 4. The highest BCUT2D eigenvalue weighted by atomic mass is 19.1. The van der Waals surface area contributed by atoms with Crippen LogP contribution in [-0.2, 0) is 4.74 Å². The second kappa shape index (κ2) is 8.82. The van der Waals surface area contributed by atoms with Crippen molar-refractivity contribution in [2.75, 3.05) is 41.4 Å². The fraction of sp³-hybridized carbons (Fsp3) is 0.292. The molecule has 0 radical (unpaired) electrons. The van der Waals surface area contributed by atoms with Crippen LogP contribution in [-0.4, -0.2) is 42.3 Å². The van der Waals surface area contributed by atoms with Crippen molar-refractivity contribution in [1.82, 2.24) is 9.97 Å². The lowest BCUT2D eigenvalue weighted by atomic mass is 10.1. The number of cyclic esters (lactones) is 1. The predicted molar refractivity (Wildman–Crippen MR) is 122 cm³/mol. The van der Waals surface area contributed by atoms with Crippen molar-refractivity contribution in [1.29, 1.82) is 0 Å². The average molecular weight is 433 g/mol. The third-order valence-electron chi connectivity index (χ3n) is 5.75. The molecule has 7 nitrogen and oxygen atoms in total. The number of piperidine rings is 1. The van der Waals surface area contributed by atoms with E-state index in [1.165, 1.54) is 12.5 Å². The summed E-state index contributed by atoms with van der Waals surface area (Å²) in [6.45, 7) is 2.85. The van der Waals surface area contributed by atoms with Gasteiger partial charge in [0.2, 0.25) is 5.95 Å². The van der Waals surface area contributed by atoms with Crippen LogP contribution in [0.15, 0.2) is 54.7 Å². The Bertz CT molecular complexity index is 1120. The van der Waals surface area contributed by atoms with Gasteiger partial charge in [-0.15, -0.1) is 0 Å². The van der Waals surface area contributed by atoms with Crippen LogP contribution in [0, 0.1) is 5.82 Å². The smallest absolute Gasteiger partial charge is 0.414 e. The van der Waals surface area contributed by atoms with Crippen LogP contribution >= 0.6 is 0 Å². The Kier molecular flexibility index (Phi) is 5.58. The summed E-state index contributed by atoms with van der Waals surface area (Å²) >= 11 is 0. The molecule has 2 saturated heterocycles. The highest BCUT2D eigenvalue weighted by Gasteiger charge is 2.23. The molecule has 0 saturated carbocycles. The molecule has 0 atom stereocenters. The van der Waals surface area contributed by atoms with E-state index in [1.54, 1.807) is 23.2 Å². The van der Waals surface area contributed by atoms with E-state index in [9.17, 15) is 9.18 Å². The van der Waals surface area contributed by atoms with Gasteiger partial charge < -0.3 is 15.0 Å². The van der Waals surface area contributed by atoms with E-state index in [4.69, 9.17) is 4.74 Å². The first-order valence-corrected chi connectivity index (χ1v) is 10.9. The molecule has 0 bridgehead atoms. The van der Waals surface area contributed by atoms with Crippen LogP contribution < -0.4 is 15.1 Å². The van der Waals surface area contributed by atoms with Crippen molar-refractivity contribution in [3.63, 3.8) is 0 Å². The number of aromatic nitrogens is 2. The van der Waals surface area contributed by atoms with Gasteiger partial charge in [0, 0.05) is 41.9 Å². The summed E-state index contributed by atoms with van der Waals surface area (Å²) in [6.07, 6.45) is 4.81. The number of amides is 1. The first-order valence-electron chi connectivity index (χ1n) is 10.9. The third kappa shape index (κ3) is 4.34. The molecule has 2 aliphatic heterocycles. The molecular weight excluding hydrogens is 409 g/mol. The number of ether oxygens (including phenoxy) is 1. The average Bonchev–Trinajstić information content (AvgIpc) is 3.26. The number of nitrogens with zero attached hydrogens (tertiary/aromatic N) is 4. The van der Waals surface area contributed by atoms with Crippen LogP contribution in [0.25, 0.3) is 11.3 Å². The van der Waals surface area contributed by atoms with Crippen LogP contribution in [0.5, 0.6) is 0 Å². The molecule has 0 aliphatic carbocycles. The molecule has 0 unspecified atom stereocenters. The zero-order valence-electron chi connectivity index (χ0n) is 17.6. The lowest BCUT2D eigenvalue weighted by Crippen LogP contribution is -2.29. The number of halogens is 1. The van der Waals surface area contributed by atoms with Gasteiger partial charge in [-0.1, -0.05) is 0 Å². The molecular formula is C24H24FN5O2. The van der Waals surface area contributed by atoms with Gasteiger partial charge in [-0.25, -0.2) is 19.2 Å². The van der Waals surface area contributed by atoms with Gasteiger partial charge in [0.1, 0.15) is 12.4 Å². The van der Waals surface area contributed by atoms with Crippen LogP contribution in [0.2, 0.25) is 0 Å². The number of benzene rings is 2. The number of rotatable bonds is 5. The first kappa shape index (κ1) is 20.2. The fourth-order valence-corrected chi connectivity index (χ4v) is 4.12. The summed E-state index contributed by atoms with van der Waals surface area (Å²) < 4.78 is 19.4. The van der Waals surface area contributed by atoms with Crippen molar-refractivity contribution in [3.05, 3.63) is 60.5 Å². The molecule has 5 rings (SSSR count). The summed E-state index contributed by atoms with van der Waals surface area (Å²) in [5.74, 6) is 0.145. The molecule has 2 fully saturated rings. The van der Waals surface area contributed by atoms with Crippen molar-refractivity contribution < 1.29 is 13.9 Å². The molecule has 1 amide bonds. The Morgan fingerprint density at radius 2 is 1.75 bits per heavy atom. The van der Waals surface area contributed by atoms with Crippen LogP contribution in [0.3, 0.4) is 0 Å². The van der Waals surface area contributed by atoms with Gasteiger partial charge >= 0.3 is 6.09 Å². The van der Waals surface area contributed by atoms with E-state index >= 15 is 0 Å². The van der Waals surface area contributed by atoms with Crippen LogP contribution in [0.4, 0.5) is 32.2 Å². The minimum absolute atomic E-state index is 0.271. The lowest BCUT2D eigenvalue weighted by molar-refractivity contribution is 0.181. The topological polar surface area (TPSA) is 70.6 Å². The Morgan fingerprint density at radius 1 is 0.938 bits per heavy atom. The van der Waals surface area contributed by atoms with Gasteiger partial charge in [-0.05, 0) is 67.8 Å². The summed E-state index contributed by atoms with van der Waals surface area (Å²) in [5, 5.41) is 3.17. The zero-order chi connectivity index (χ0) is 21.9. The fourth-order valence-electron chi connectivity index (χ4n) is 4.12. The number of carbonyl (C=O) groups excluding carboxylic acids is 1. The molecule has 3 heterocycles. The summed E-state index contributed by atoms with van der Waals surface area (Å²) in [4.78, 5) is 24.4. The minimum Gasteiger partial charge on any atom is -0.447 e. The van der Waals surface area contributed by atoms with Crippen LogP contribution in [0.1, 0.15) is 19.3 Å². The number of hydrogen-bond donors (Lipinski definition) is 1. The SMILES string of the molecule is O=C1OCCN1c1ccc(Nc2nccc(-c3cc(F)cc(N4CCCCC4)c3)n2)cc1. The normalized spacial score (nSPS) is 16.2. The van der Waals surface area contributed by atoms with Gasteiger partial charge in [-0.3, -0.25) is 4.90 Å². The summed E-state index contributed by atoms with van der Waals surface area (Å²) in [5.41, 5.74) is 3.82. The molecule has 3 aromatic rings. The maximum Gasteiger partial charge on any atom is 0.414 e. The van der Waals surface area contributed by atoms with Crippen molar-refractivity contribution in [3.8, 4) is 11.3 Å². The molecule has 0 spiro atoms. The largest absolute Gasteiger partial charge is 0.447 e. The third-order valence-corrected chi connectivity index (χ3v) is 5.75. The zero-order valence-corrected chi connectivity index (χ0v) is 17.6. The molecule has 32 heavy (non-hydrogen) atoms. The summed E-state index contributed by atoms with van der Waals surface area (Å²) in [6, 6.07) is 14.3. The van der Waals surface area contributed by atoms with Crippen molar-refractivity contribution in [2.45, 2.75) is 19.3 Å². The number of hydrogen-bond acceptors (Lipinski definition) is 6. The molecule has 2 aromatic carbocycles. The maximum atomic E-state index is 14.4. The Labute approximate surface area is 185 Å². The van der Waals surface area contributed by atoms with Gasteiger partial charge in [0.25, 0.3) is 0 Å². The Morgan fingerprint density at radius 3 is 2.50 bits per heavy atom.